The van der Waals surface area contributed by atoms with E-state index in [4.69, 9.17) is 4.74 Å². The molecule has 0 fully saturated rings. The van der Waals surface area contributed by atoms with Gasteiger partial charge in [-0.15, -0.1) is 0 Å². The van der Waals surface area contributed by atoms with Crippen LogP contribution < -0.4 is 10.6 Å². The molecule has 0 saturated carbocycles. The number of nitrogens with one attached hydrogen (secondary N) is 2. The summed E-state index contributed by atoms with van der Waals surface area (Å²) in [5.74, 6) is -1.10. The Hall–Kier alpha value is -3.74. The lowest BCUT2D eigenvalue weighted by Crippen LogP contribution is -2.47. The highest BCUT2D eigenvalue weighted by molar-refractivity contribution is 5.93. The molecule has 2 amide bonds. The Morgan fingerprint density at radius 3 is 2.00 bits per heavy atom. The number of hydrogen-bond donors (Lipinski definition) is 2. The van der Waals surface area contributed by atoms with E-state index in [1.165, 1.54) is 6.20 Å². The van der Waals surface area contributed by atoms with Gasteiger partial charge in [0.15, 0.2) is 0 Å². The number of hydrogen-bond acceptors (Lipinski definition) is 5. The van der Waals surface area contributed by atoms with Gasteiger partial charge >= 0.3 is 5.97 Å². The number of aromatic nitrogens is 1. The zero-order valence-electron chi connectivity index (χ0n) is 25.3. The van der Waals surface area contributed by atoms with Crippen molar-refractivity contribution in [3.63, 3.8) is 0 Å². The van der Waals surface area contributed by atoms with Crippen molar-refractivity contribution in [2.75, 3.05) is 6.54 Å². The van der Waals surface area contributed by atoms with E-state index in [9.17, 15) is 14.4 Å². The molecule has 0 radical (unpaired) electrons. The molecule has 7 nitrogen and oxygen atoms in total. The fourth-order valence-electron chi connectivity index (χ4n) is 3.64. The minimum atomic E-state index is -0.743. The Balaban J connectivity index is 2.23. The number of amides is 2. The Morgan fingerprint density at radius 1 is 0.878 bits per heavy atom. The van der Waals surface area contributed by atoms with Gasteiger partial charge in [-0.2, -0.15) is 0 Å². The molecule has 7 heteroatoms. The van der Waals surface area contributed by atoms with Crippen molar-refractivity contribution in [1.29, 1.82) is 0 Å². The summed E-state index contributed by atoms with van der Waals surface area (Å²) >= 11 is 0. The normalized spacial score (nSPS) is 13.6. The van der Waals surface area contributed by atoms with E-state index < -0.39 is 18.1 Å². The van der Waals surface area contributed by atoms with Crippen LogP contribution >= 0.6 is 0 Å². The second-order valence-corrected chi connectivity index (χ2v) is 10.1. The molecule has 0 bridgehead atoms. The summed E-state index contributed by atoms with van der Waals surface area (Å²) in [5, 5.41) is 5.54. The van der Waals surface area contributed by atoms with E-state index in [0.717, 1.165) is 38.5 Å². The van der Waals surface area contributed by atoms with Crippen molar-refractivity contribution >= 4 is 17.8 Å². The summed E-state index contributed by atoms with van der Waals surface area (Å²) in [6.45, 7) is 7.72. The third-order valence-electron chi connectivity index (χ3n) is 5.96. The van der Waals surface area contributed by atoms with Crippen molar-refractivity contribution in [3.05, 3.63) is 90.9 Å². The van der Waals surface area contributed by atoms with Crippen molar-refractivity contribution in [2.45, 2.75) is 91.2 Å². The number of nitrogens with zero attached hydrogens (tertiary/aromatic N) is 1. The summed E-state index contributed by atoms with van der Waals surface area (Å²) in [7, 11) is 0. The van der Waals surface area contributed by atoms with E-state index >= 15 is 0 Å². The van der Waals surface area contributed by atoms with Crippen LogP contribution in [0.5, 0.6) is 0 Å². The molecule has 2 atom stereocenters. The third kappa shape index (κ3) is 18.3. The van der Waals surface area contributed by atoms with Gasteiger partial charge in [0.25, 0.3) is 5.91 Å². The van der Waals surface area contributed by atoms with Crippen LogP contribution in [0.2, 0.25) is 0 Å². The molecule has 0 aromatic carbocycles. The lowest BCUT2D eigenvalue weighted by atomic mass is 10.0. The molecule has 0 aliphatic rings. The number of carbonyl (C=O) groups excluding carboxylic acids is 3. The van der Waals surface area contributed by atoms with Crippen LogP contribution in [0, 0.1) is 5.92 Å². The number of allylic oxidation sites excluding steroid dienone is 10. The molecule has 41 heavy (non-hydrogen) atoms. The predicted molar refractivity (Wildman–Crippen MR) is 167 cm³/mol. The third-order valence-corrected chi connectivity index (χ3v) is 5.96. The minimum Gasteiger partial charge on any atom is -0.459 e. The lowest BCUT2D eigenvalue weighted by molar-refractivity contribution is -0.153. The number of ether oxygens (including phenoxy) is 1. The molecule has 0 aliphatic carbocycles. The summed E-state index contributed by atoms with van der Waals surface area (Å²) in [6, 6.07) is 2.59. The smallest absolute Gasteiger partial charge is 0.329 e. The van der Waals surface area contributed by atoms with Crippen LogP contribution in [0.4, 0.5) is 0 Å². The summed E-state index contributed by atoms with van der Waals surface area (Å²) in [4.78, 5) is 41.2. The Morgan fingerprint density at radius 2 is 1.46 bits per heavy atom. The van der Waals surface area contributed by atoms with Crippen molar-refractivity contribution < 1.29 is 19.1 Å². The first-order chi connectivity index (χ1) is 19.8. The molecule has 0 unspecified atom stereocenters. The van der Waals surface area contributed by atoms with Crippen molar-refractivity contribution in [1.82, 2.24) is 15.6 Å². The van der Waals surface area contributed by atoms with Gasteiger partial charge < -0.3 is 15.4 Å². The van der Waals surface area contributed by atoms with E-state index in [0.29, 0.717) is 18.4 Å². The first-order valence-corrected chi connectivity index (χ1v) is 14.8. The molecule has 224 valence electrons. The molecule has 1 rings (SSSR count). The fourth-order valence-corrected chi connectivity index (χ4v) is 3.64. The van der Waals surface area contributed by atoms with Crippen LogP contribution in [-0.2, 0) is 14.3 Å². The van der Waals surface area contributed by atoms with Crippen LogP contribution in [-0.4, -0.2) is 41.5 Å². The van der Waals surface area contributed by atoms with Crippen LogP contribution in [0.25, 0.3) is 0 Å². The van der Waals surface area contributed by atoms with E-state index in [1.807, 2.05) is 13.8 Å². The molecular weight excluding hydrogens is 514 g/mol. The first kappa shape index (κ1) is 35.3. The highest BCUT2D eigenvalue weighted by Crippen LogP contribution is 2.08. The summed E-state index contributed by atoms with van der Waals surface area (Å²) in [6.07, 6.45) is 30.8. The maximum absolute atomic E-state index is 12.7. The SMILES string of the molecule is CC/C=C\C/C=C\C/C=C\C/C=C\C/C=C\CCCC(=O)N[C@@H](C(=O)O[C@@H](C)CNC(=O)c1cccnc1)C(C)C. The maximum Gasteiger partial charge on any atom is 0.329 e. The van der Waals surface area contributed by atoms with Gasteiger partial charge in [-0.25, -0.2) is 4.79 Å². The quantitative estimate of drug-likeness (QED) is 0.103. The Kier molecular flexibility index (Phi) is 19.8. The first-order valence-electron chi connectivity index (χ1n) is 14.8. The zero-order valence-corrected chi connectivity index (χ0v) is 25.3. The van der Waals surface area contributed by atoms with Gasteiger partial charge in [-0.3, -0.25) is 14.6 Å². The molecule has 0 aliphatic heterocycles. The van der Waals surface area contributed by atoms with E-state index in [1.54, 1.807) is 25.3 Å². The topological polar surface area (TPSA) is 97.4 Å². The Labute approximate surface area is 246 Å². The minimum absolute atomic E-state index is 0.130. The monoisotopic (exact) mass is 563 g/mol. The second kappa shape index (κ2) is 23.0. The largest absolute Gasteiger partial charge is 0.459 e. The van der Waals surface area contributed by atoms with E-state index in [2.05, 4.69) is 83.3 Å². The lowest BCUT2D eigenvalue weighted by Gasteiger charge is -2.23. The highest BCUT2D eigenvalue weighted by Gasteiger charge is 2.27. The van der Waals surface area contributed by atoms with Gasteiger partial charge in [-0.05, 0) is 69.9 Å². The highest BCUT2D eigenvalue weighted by atomic mass is 16.5. The van der Waals surface area contributed by atoms with Gasteiger partial charge in [0.2, 0.25) is 5.91 Å². The fraction of sp³-hybridized carbons (Fsp3) is 0.471. The van der Waals surface area contributed by atoms with Crippen LogP contribution in [0.15, 0.2) is 85.3 Å². The molecule has 1 heterocycles. The summed E-state index contributed by atoms with van der Waals surface area (Å²) < 4.78 is 5.49. The zero-order chi connectivity index (χ0) is 30.1. The predicted octanol–water partition coefficient (Wildman–Crippen LogP) is 6.81. The van der Waals surface area contributed by atoms with E-state index in [-0.39, 0.29) is 24.3 Å². The molecule has 1 aromatic rings. The van der Waals surface area contributed by atoms with Gasteiger partial charge in [0, 0.05) is 18.8 Å². The van der Waals surface area contributed by atoms with Crippen LogP contribution in [0.1, 0.15) is 89.4 Å². The van der Waals surface area contributed by atoms with Crippen molar-refractivity contribution in [2.24, 2.45) is 5.92 Å². The number of unbranched alkanes of at least 4 members (excludes halogenated alkanes) is 1. The average Bonchev–Trinajstić information content (AvgIpc) is 2.96. The average molecular weight is 564 g/mol. The van der Waals surface area contributed by atoms with Gasteiger partial charge in [0.05, 0.1) is 12.1 Å². The molecular formula is C34H49N3O4. The molecule has 0 spiro atoms. The van der Waals surface area contributed by atoms with Crippen molar-refractivity contribution in [3.8, 4) is 0 Å². The van der Waals surface area contributed by atoms with Crippen LogP contribution in [0.3, 0.4) is 0 Å². The van der Waals surface area contributed by atoms with Gasteiger partial charge in [-0.1, -0.05) is 81.5 Å². The second-order valence-electron chi connectivity index (χ2n) is 10.1. The number of pyridine rings is 1. The Bertz CT molecular complexity index is 1030. The molecule has 1 aromatic heterocycles. The molecule has 2 N–H and O–H groups in total. The number of carbonyl (C=O) groups is 3. The standard InChI is InChI=1S/C34H49N3O4/c1-5-6-7-8-9-10-11-12-13-14-15-16-17-18-19-20-21-24-31(38)37-32(28(2)3)34(40)41-29(4)26-36-33(39)30-23-22-25-35-27-30/h6-7,9-10,12-13,15-16,18-19,22-23,25,27-29,32H,5,8,11,14,17,20-21,24,26H2,1-4H3,(H,36,39)(H,37,38)/b7-6-,10-9-,13-12-,16-15-,19-18-/t29-,32+/m0/s1. The van der Waals surface area contributed by atoms with Gasteiger partial charge in [0.1, 0.15) is 12.1 Å². The summed E-state index contributed by atoms with van der Waals surface area (Å²) in [5.41, 5.74) is 0.433. The maximum atomic E-state index is 12.7. The molecule has 0 saturated heterocycles. The number of rotatable bonds is 20. The number of esters is 1.